The van der Waals surface area contributed by atoms with Crippen molar-refractivity contribution in [3.63, 3.8) is 0 Å². The van der Waals surface area contributed by atoms with E-state index in [1.807, 2.05) is 32.0 Å². The molecule has 138 valence electrons. The Hall–Kier alpha value is -2.53. The SMILES string of the molecule is CC(=O)N(C)Cc1ccccc1NC(=O)c1cc(Cl)ccc1OC(C)C. The predicted octanol–water partition coefficient (Wildman–Crippen LogP) is 4.36. The van der Waals surface area contributed by atoms with Crippen LogP contribution >= 0.6 is 11.6 Å². The largest absolute Gasteiger partial charge is 0.490 e. The number of carbonyl (C=O) groups is 2. The van der Waals surface area contributed by atoms with Gasteiger partial charge in [-0.2, -0.15) is 0 Å². The summed E-state index contributed by atoms with van der Waals surface area (Å²) in [6, 6.07) is 12.3. The molecule has 1 N–H and O–H groups in total. The first-order valence-electron chi connectivity index (χ1n) is 8.35. The first-order valence-corrected chi connectivity index (χ1v) is 8.73. The minimum Gasteiger partial charge on any atom is -0.490 e. The van der Waals surface area contributed by atoms with Crippen LogP contribution in [0.25, 0.3) is 0 Å². The van der Waals surface area contributed by atoms with Crippen molar-refractivity contribution >= 4 is 29.1 Å². The lowest BCUT2D eigenvalue weighted by Gasteiger charge is -2.19. The summed E-state index contributed by atoms with van der Waals surface area (Å²) < 4.78 is 5.71. The normalized spacial score (nSPS) is 10.5. The first-order chi connectivity index (χ1) is 12.3. The van der Waals surface area contributed by atoms with Gasteiger partial charge in [-0.25, -0.2) is 0 Å². The second-order valence-electron chi connectivity index (χ2n) is 6.29. The molecule has 0 radical (unpaired) electrons. The molecule has 2 aromatic rings. The number of hydrogen-bond acceptors (Lipinski definition) is 3. The molecule has 5 nitrogen and oxygen atoms in total. The number of ether oxygens (including phenoxy) is 1. The second kappa shape index (κ2) is 8.72. The zero-order valence-electron chi connectivity index (χ0n) is 15.4. The molecule has 2 aromatic carbocycles. The lowest BCUT2D eigenvalue weighted by Crippen LogP contribution is -2.24. The number of halogens is 1. The van der Waals surface area contributed by atoms with Crippen LogP contribution in [0.3, 0.4) is 0 Å². The minimum absolute atomic E-state index is 0.0476. The molecule has 0 bridgehead atoms. The van der Waals surface area contributed by atoms with Gasteiger partial charge in [-0.3, -0.25) is 9.59 Å². The van der Waals surface area contributed by atoms with Crippen molar-refractivity contribution < 1.29 is 14.3 Å². The van der Waals surface area contributed by atoms with Gasteiger partial charge in [0.15, 0.2) is 0 Å². The number of hydrogen-bond donors (Lipinski definition) is 1. The Morgan fingerprint density at radius 2 is 1.88 bits per heavy atom. The smallest absolute Gasteiger partial charge is 0.259 e. The quantitative estimate of drug-likeness (QED) is 0.817. The lowest BCUT2D eigenvalue weighted by molar-refractivity contribution is -0.128. The number of nitrogens with zero attached hydrogens (tertiary/aromatic N) is 1. The molecule has 0 saturated carbocycles. The summed E-state index contributed by atoms with van der Waals surface area (Å²) in [7, 11) is 1.71. The number of nitrogens with one attached hydrogen (secondary N) is 1. The van der Waals surface area contributed by atoms with Crippen LogP contribution in [0.1, 0.15) is 36.7 Å². The third-order valence-corrected chi connectivity index (χ3v) is 3.99. The number of anilines is 1. The molecule has 2 amide bonds. The van der Waals surface area contributed by atoms with Gasteiger partial charge < -0.3 is 15.0 Å². The highest BCUT2D eigenvalue weighted by Crippen LogP contribution is 2.26. The summed E-state index contributed by atoms with van der Waals surface area (Å²) >= 11 is 6.06. The molecule has 0 aliphatic carbocycles. The van der Waals surface area contributed by atoms with Crippen molar-refractivity contribution in [2.45, 2.75) is 33.4 Å². The van der Waals surface area contributed by atoms with Gasteiger partial charge in [-0.1, -0.05) is 29.8 Å². The number of rotatable bonds is 6. The van der Waals surface area contributed by atoms with Crippen molar-refractivity contribution in [2.24, 2.45) is 0 Å². The lowest BCUT2D eigenvalue weighted by atomic mass is 10.1. The highest BCUT2D eigenvalue weighted by atomic mass is 35.5. The highest BCUT2D eigenvalue weighted by molar-refractivity contribution is 6.31. The molecule has 0 fully saturated rings. The van der Waals surface area contributed by atoms with Crippen LogP contribution in [0.5, 0.6) is 5.75 Å². The van der Waals surface area contributed by atoms with Crippen LogP contribution in [-0.2, 0) is 11.3 Å². The second-order valence-corrected chi connectivity index (χ2v) is 6.73. The fourth-order valence-electron chi connectivity index (χ4n) is 2.37. The van der Waals surface area contributed by atoms with Crippen molar-refractivity contribution in [1.82, 2.24) is 4.90 Å². The molecule has 0 aliphatic rings. The molecule has 2 rings (SSSR count). The van der Waals surface area contributed by atoms with E-state index in [4.69, 9.17) is 16.3 Å². The molecule has 6 heteroatoms. The molecular weight excluding hydrogens is 352 g/mol. The molecular formula is C20H23ClN2O3. The molecule has 0 heterocycles. The van der Waals surface area contributed by atoms with Crippen molar-refractivity contribution in [2.75, 3.05) is 12.4 Å². The van der Waals surface area contributed by atoms with Crippen molar-refractivity contribution in [3.05, 3.63) is 58.6 Å². The Balaban J connectivity index is 2.28. The number of carbonyl (C=O) groups excluding carboxylic acids is 2. The van der Waals surface area contributed by atoms with E-state index < -0.39 is 0 Å². The maximum absolute atomic E-state index is 12.8. The summed E-state index contributed by atoms with van der Waals surface area (Å²) in [5, 5.41) is 3.35. The van der Waals surface area contributed by atoms with Crippen LogP contribution in [0, 0.1) is 0 Å². The van der Waals surface area contributed by atoms with Gasteiger partial charge in [-0.15, -0.1) is 0 Å². The summed E-state index contributed by atoms with van der Waals surface area (Å²) in [5.41, 5.74) is 1.84. The maximum Gasteiger partial charge on any atom is 0.259 e. The molecule has 0 aliphatic heterocycles. The fraction of sp³-hybridized carbons (Fsp3) is 0.300. The first kappa shape index (κ1) is 19.8. The van der Waals surface area contributed by atoms with E-state index in [-0.39, 0.29) is 17.9 Å². The number of amides is 2. The van der Waals surface area contributed by atoms with Crippen LogP contribution in [-0.4, -0.2) is 29.9 Å². The van der Waals surface area contributed by atoms with E-state index in [2.05, 4.69) is 5.32 Å². The molecule has 26 heavy (non-hydrogen) atoms. The zero-order valence-corrected chi connectivity index (χ0v) is 16.1. The maximum atomic E-state index is 12.8. The standard InChI is InChI=1S/C20H23ClN2O3/c1-13(2)26-19-10-9-16(21)11-17(19)20(25)22-18-8-6-5-7-15(18)12-23(4)14(3)24/h5-11,13H,12H2,1-4H3,(H,22,25). The highest BCUT2D eigenvalue weighted by Gasteiger charge is 2.16. The average molecular weight is 375 g/mol. The Labute approximate surface area is 158 Å². The van der Waals surface area contributed by atoms with Gasteiger partial charge >= 0.3 is 0 Å². The van der Waals surface area contributed by atoms with Crippen LogP contribution in [0.15, 0.2) is 42.5 Å². The van der Waals surface area contributed by atoms with Gasteiger partial charge in [0.25, 0.3) is 5.91 Å². The van der Waals surface area contributed by atoms with Gasteiger partial charge in [0, 0.05) is 31.2 Å². The van der Waals surface area contributed by atoms with Gasteiger partial charge in [0.1, 0.15) is 5.75 Å². The van der Waals surface area contributed by atoms with E-state index >= 15 is 0 Å². The molecule has 0 atom stereocenters. The van der Waals surface area contributed by atoms with E-state index in [0.29, 0.717) is 28.6 Å². The van der Waals surface area contributed by atoms with Crippen LogP contribution in [0.2, 0.25) is 5.02 Å². The fourth-order valence-corrected chi connectivity index (χ4v) is 2.55. The molecule has 0 aromatic heterocycles. The Morgan fingerprint density at radius 1 is 1.19 bits per heavy atom. The topological polar surface area (TPSA) is 58.6 Å². The van der Waals surface area contributed by atoms with Crippen LogP contribution in [0.4, 0.5) is 5.69 Å². The number of para-hydroxylation sites is 1. The Kier molecular flexibility index (Phi) is 6.64. The minimum atomic E-state index is -0.318. The van der Waals surface area contributed by atoms with E-state index in [9.17, 15) is 9.59 Å². The third-order valence-electron chi connectivity index (χ3n) is 3.76. The van der Waals surface area contributed by atoms with Gasteiger partial charge in [-0.05, 0) is 43.7 Å². The Morgan fingerprint density at radius 3 is 2.54 bits per heavy atom. The summed E-state index contributed by atoms with van der Waals surface area (Å²) in [4.78, 5) is 25.9. The van der Waals surface area contributed by atoms with Crippen molar-refractivity contribution in [3.8, 4) is 5.75 Å². The van der Waals surface area contributed by atoms with Crippen molar-refractivity contribution in [1.29, 1.82) is 0 Å². The Bertz CT molecular complexity index is 805. The van der Waals surface area contributed by atoms with Gasteiger partial charge in [0.05, 0.1) is 11.7 Å². The zero-order chi connectivity index (χ0) is 19.3. The van der Waals surface area contributed by atoms with E-state index in [0.717, 1.165) is 5.56 Å². The summed E-state index contributed by atoms with van der Waals surface area (Å²) in [6.07, 6.45) is -0.0702. The molecule has 0 unspecified atom stereocenters. The summed E-state index contributed by atoms with van der Waals surface area (Å²) in [5.74, 6) is 0.106. The summed E-state index contributed by atoms with van der Waals surface area (Å²) in [6.45, 7) is 5.69. The van der Waals surface area contributed by atoms with Crippen LogP contribution < -0.4 is 10.1 Å². The molecule has 0 spiro atoms. The number of benzene rings is 2. The predicted molar refractivity (Wildman–Crippen MR) is 104 cm³/mol. The van der Waals surface area contributed by atoms with E-state index in [1.54, 1.807) is 36.2 Å². The third kappa shape index (κ3) is 5.23. The average Bonchev–Trinajstić information content (AvgIpc) is 2.57. The monoisotopic (exact) mass is 374 g/mol. The molecule has 0 saturated heterocycles. The van der Waals surface area contributed by atoms with E-state index in [1.165, 1.54) is 6.92 Å². The van der Waals surface area contributed by atoms with Gasteiger partial charge in [0.2, 0.25) is 5.91 Å².